The van der Waals surface area contributed by atoms with Gasteiger partial charge in [0.1, 0.15) is 5.60 Å². The van der Waals surface area contributed by atoms with Crippen LogP contribution in [0.1, 0.15) is 38.8 Å². The number of hydrogen-bond acceptors (Lipinski definition) is 3. The van der Waals surface area contributed by atoms with Crippen molar-refractivity contribution in [1.82, 2.24) is 10.2 Å². The third-order valence-corrected chi connectivity index (χ3v) is 3.49. The Bertz CT molecular complexity index is 560. The minimum absolute atomic E-state index is 0.166. The van der Waals surface area contributed by atoms with Gasteiger partial charge in [-0.25, -0.2) is 18.0 Å². The minimum Gasteiger partial charge on any atom is -0.444 e. The van der Waals surface area contributed by atoms with Crippen LogP contribution in [-0.4, -0.2) is 36.2 Å². The molecule has 1 atom stereocenters. The Balaban J connectivity index is 2.18. The Labute approximate surface area is 133 Å². The van der Waals surface area contributed by atoms with E-state index < -0.39 is 35.2 Å². The van der Waals surface area contributed by atoms with Gasteiger partial charge >= 0.3 is 6.09 Å². The van der Waals surface area contributed by atoms with E-state index >= 15 is 0 Å². The van der Waals surface area contributed by atoms with E-state index in [1.54, 1.807) is 20.8 Å². The molecule has 1 aromatic carbocycles. The summed E-state index contributed by atoms with van der Waals surface area (Å²) >= 11 is 0. The predicted octanol–water partition coefficient (Wildman–Crippen LogP) is 3.38. The summed E-state index contributed by atoms with van der Waals surface area (Å²) in [5.74, 6) is -4.08. The lowest BCUT2D eigenvalue weighted by molar-refractivity contribution is 0.0478. The normalized spacial score (nSPS) is 16.6. The van der Waals surface area contributed by atoms with E-state index in [2.05, 4.69) is 5.32 Å². The van der Waals surface area contributed by atoms with Crippen LogP contribution in [0, 0.1) is 17.5 Å². The van der Waals surface area contributed by atoms with Crippen molar-refractivity contribution in [3.05, 3.63) is 35.1 Å². The molecule has 0 aromatic heterocycles. The number of halogens is 3. The molecule has 7 heteroatoms. The highest BCUT2D eigenvalue weighted by atomic mass is 19.2. The SMILES string of the molecule is CC(C)(C)OC(=O)N[C@H](CN1CCC1)c1cc(F)c(F)c(F)c1. The standard InChI is InChI=1S/C16H21F3N2O2/c1-16(2,3)23-15(22)20-13(9-21-5-4-6-21)10-7-11(17)14(19)12(18)8-10/h7-8,13H,4-6,9H2,1-3H3,(H,20,22)/t13-/m1/s1. The number of hydrogen-bond donors (Lipinski definition) is 1. The second kappa shape index (κ2) is 6.78. The zero-order valence-corrected chi connectivity index (χ0v) is 13.5. The van der Waals surface area contributed by atoms with Gasteiger partial charge in [0.2, 0.25) is 0 Å². The first kappa shape index (κ1) is 17.6. The van der Waals surface area contributed by atoms with Gasteiger partial charge < -0.3 is 15.0 Å². The molecule has 1 aromatic rings. The Morgan fingerprint density at radius 1 is 1.26 bits per heavy atom. The summed E-state index contributed by atoms with van der Waals surface area (Å²) in [7, 11) is 0. The Kier molecular flexibility index (Phi) is 5.19. The molecule has 23 heavy (non-hydrogen) atoms. The monoisotopic (exact) mass is 330 g/mol. The molecular weight excluding hydrogens is 309 g/mol. The van der Waals surface area contributed by atoms with Crippen molar-refractivity contribution >= 4 is 6.09 Å². The number of carbonyl (C=O) groups excluding carboxylic acids is 1. The van der Waals surface area contributed by atoms with Crippen LogP contribution >= 0.6 is 0 Å². The highest BCUT2D eigenvalue weighted by Crippen LogP contribution is 2.22. The van der Waals surface area contributed by atoms with E-state index in [-0.39, 0.29) is 5.56 Å². The van der Waals surface area contributed by atoms with Crippen LogP contribution < -0.4 is 5.32 Å². The zero-order chi connectivity index (χ0) is 17.2. The molecular formula is C16H21F3N2O2. The molecule has 2 rings (SSSR count). The average molecular weight is 330 g/mol. The van der Waals surface area contributed by atoms with E-state index in [0.29, 0.717) is 6.54 Å². The van der Waals surface area contributed by atoms with Crippen LogP contribution in [0.25, 0.3) is 0 Å². The second-order valence-corrected chi connectivity index (χ2v) is 6.65. The van der Waals surface area contributed by atoms with Crippen molar-refractivity contribution in [2.24, 2.45) is 0 Å². The van der Waals surface area contributed by atoms with E-state index in [9.17, 15) is 18.0 Å². The third kappa shape index (κ3) is 4.86. The molecule has 0 spiro atoms. The summed E-state index contributed by atoms with van der Waals surface area (Å²) in [6, 6.07) is 1.12. The van der Waals surface area contributed by atoms with Gasteiger partial charge in [0.25, 0.3) is 0 Å². The van der Waals surface area contributed by atoms with Gasteiger partial charge in [-0.15, -0.1) is 0 Å². The maximum atomic E-state index is 13.5. The van der Waals surface area contributed by atoms with E-state index in [1.165, 1.54) is 0 Å². The number of likely N-dealkylation sites (tertiary alicyclic amines) is 1. The number of ether oxygens (including phenoxy) is 1. The zero-order valence-electron chi connectivity index (χ0n) is 13.5. The van der Waals surface area contributed by atoms with Gasteiger partial charge in [0, 0.05) is 6.54 Å². The molecule has 128 valence electrons. The second-order valence-electron chi connectivity index (χ2n) is 6.65. The lowest BCUT2D eigenvalue weighted by Crippen LogP contribution is -2.45. The molecule has 4 nitrogen and oxygen atoms in total. The molecule has 1 saturated heterocycles. The van der Waals surface area contributed by atoms with Crippen LogP contribution in [-0.2, 0) is 4.74 Å². The lowest BCUT2D eigenvalue weighted by atomic mass is 10.0. The van der Waals surface area contributed by atoms with Crippen LogP contribution in [0.5, 0.6) is 0 Å². The molecule has 0 bridgehead atoms. The van der Waals surface area contributed by atoms with Crippen LogP contribution in [0.15, 0.2) is 12.1 Å². The topological polar surface area (TPSA) is 41.6 Å². The number of benzene rings is 1. The maximum absolute atomic E-state index is 13.5. The van der Waals surface area contributed by atoms with Crippen molar-refractivity contribution in [2.45, 2.75) is 38.8 Å². The summed E-state index contributed by atoms with van der Waals surface area (Å²) < 4.78 is 45.2. The smallest absolute Gasteiger partial charge is 0.408 e. The molecule has 0 aliphatic carbocycles. The van der Waals surface area contributed by atoms with Gasteiger partial charge in [0.05, 0.1) is 6.04 Å². The first-order chi connectivity index (χ1) is 10.7. The molecule has 0 unspecified atom stereocenters. The van der Waals surface area contributed by atoms with E-state index in [1.807, 2.05) is 4.90 Å². The Morgan fingerprint density at radius 3 is 2.26 bits per heavy atom. The quantitative estimate of drug-likeness (QED) is 0.861. The summed E-state index contributed by atoms with van der Waals surface area (Å²) in [6.45, 7) is 7.22. The maximum Gasteiger partial charge on any atom is 0.408 e. The summed E-state index contributed by atoms with van der Waals surface area (Å²) in [6.07, 6.45) is 0.346. The first-order valence-corrected chi connectivity index (χ1v) is 7.52. The fraction of sp³-hybridized carbons (Fsp3) is 0.562. The summed E-state index contributed by atoms with van der Waals surface area (Å²) in [5, 5.41) is 2.60. The van der Waals surface area contributed by atoms with Gasteiger partial charge in [0.15, 0.2) is 17.5 Å². The van der Waals surface area contributed by atoms with E-state index in [0.717, 1.165) is 31.6 Å². The first-order valence-electron chi connectivity index (χ1n) is 7.52. The number of alkyl carbamates (subject to hydrolysis) is 1. The molecule has 0 radical (unpaired) electrons. The molecule has 1 amide bonds. The Morgan fingerprint density at radius 2 is 1.83 bits per heavy atom. The fourth-order valence-electron chi connectivity index (χ4n) is 2.28. The molecule has 0 saturated carbocycles. The van der Waals surface area contributed by atoms with Gasteiger partial charge in [-0.1, -0.05) is 0 Å². The van der Waals surface area contributed by atoms with Crippen molar-refractivity contribution in [3.63, 3.8) is 0 Å². The molecule has 1 aliphatic heterocycles. The van der Waals surface area contributed by atoms with Crippen molar-refractivity contribution in [2.75, 3.05) is 19.6 Å². The number of rotatable bonds is 4. The van der Waals surface area contributed by atoms with Crippen LogP contribution in [0.2, 0.25) is 0 Å². The van der Waals surface area contributed by atoms with Gasteiger partial charge in [-0.05, 0) is 58.0 Å². The summed E-state index contributed by atoms with van der Waals surface area (Å²) in [5.41, 5.74) is -0.524. The molecule has 1 heterocycles. The Hall–Kier alpha value is -1.76. The van der Waals surface area contributed by atoms with Gasteiger partial charge in [-0.3, -0.25) is 0 Å². The van der Waals surface area contributed by atoms with Crippen LogP contribution in [0.3, 0.4) is 0 Å². The highest BCUT2D eigenvalue weighted by Gasteiger charge is 2.26. The molecule has 1 N–H and O–H groups in total. The fourth-order valence-corrected chi connectivity index (χ4v) is 2.28. The third-order valence-electron chi connectivity index (χ3n) is 3.49. The minimum atomic E-state index is -1.52. The number of nitrogens with zero attached hydrogens (tertiary/aromatic N) is 1. The average Bonchev–Trinajstić information content (AvgIpc) is 2.35. The van der Waals surface area contributed by atoms with Crippen LogP contribution in [0.4, 0.5) is 18.0 Å². The predicted molar refractivity (Wildman–Crippen MR) is 79.5 cm³/mol. The van der Waals surface area contributed by atoms with Gasteiger partial charge in [-0.2, -0.15) is 0 Å². The molecule has 1 fully saturated rings. The van der Waals surface area contributed by atoms with Crippen molar-refractivity contribution in [1.29, 1.82) is 0 Å². The number of carbonyl (C=O) groups is 1. The number of nitrogens with one attached hydrogen (secondary N) is 1. The van der Waals surface area contributed by atoms with E-state index in [4.69, 9.17) is 4.74 Å². The number of amides is 1. The highest BCUT2D eigenvalue weighted by molar-refractivity contribution is 5.68. The lowest BCUT2D eigenvalue weighted by Gasteiger charge is -2.34. The molecule has 1 aliphatic rings. The summed E-state index contributed by atoms with van der Waals surface area (Å²) in [4.78, 5) is 14.0. The van der Waals surface area contributed by atoms with Crippen molar-refractivity contribution < 1.29 is 22.7 Å². The largest absolute Gasteiger partial charge is 0.444 e. The van der Waals surface area contributed by atoms with Crippen molar-refractivity contribution in [3.8, 4) is 0 Å².